The zero-order valence-electron chi connectivity index (χ0n) is 7.42. The van der Waals surface area contributed by atoms with Crippen LogP contribution in [0.15, 0.2) is 0 Å². The fourth-order valence-electron chi connectivity index (χ4n) is 0.798. The SMILES string of the molecule is CCOC(=O)C[C@H](C)OCC. The summed E-state index contributed by atoms with van der Waals surface area (Å²) in [7, 11) is 0. The van der Waals surface area contributed by atoms with Crippen LogP contribution in [0.3, 0.4) is 0 Å². The highest BCUT2D eigenvalue weighted by molar-refractivity contribution is 5.69. The quantitative estimate of drug-likeness (QED) is 0.570. The third kappa shape index (κ3) is 5.85. The molecule has 0 unspecified atom stereocenters. The molecule has 0 radical (unpaired) electrons. The minimum atomic E-state index is -0.187. The summed E-state index contributed by atoms with van der Waals surface area (Å²) in [6.07, 6.45) is 0.320. The number of esters is 1. The lowest BCUT2D eigenvalue weighted by Gasteiger charge is -2.09. The van der Waals surface area contributed by atoms with E-state index in [9.17, 15) is 4.79 Å². The van der Waals surface area contributed by atoms with Crippen molar-refractivity contribution in [1.29, 1.82) is 0 Å². The standard InChI is InChI=1S/C8H16O3/c1-4-10-7(3)6-8(9)11-5-2/h7H,4-6H2,1-3H3/t7-/m0/s1. The summed E-state index contributed by atoms with van der Waals surface area (Å²) >= 11 is 0. The van der Waals surface area contributed by atoms with Crippen molar-refractivity contribution in [2.45, 2.75) is 33.3 Å². The number of hydrogen-bond donors (Lipinski definition) is 0. The van der Waals surface area contributed by atoms with Gasteiger partial charge in [0.1, 0.15) is 0 Å². The van der Waals surface area contributed by atoms with Gasteiger partial charge in [-0.1, -0.05) is 0 Å². The van der Waals surface area contributed by atoms with Crippen molar-refractivity contribution >= 4 is 5.97 Å². The molecular formula is C8H16O3. The molecule has 0 aliphatic carbocycles. The molecule has 0 bridgehead atoms. The van der Waals surface area contributed by atoms with Crippen LogP contribution in [0.4, 0.5) is 0 Å². The Kier molecular flexibility index (Phi) is 5.84. The Bertz CT molecular complexity index is 112. The Balaban J connectivity index is 3.40. The van der Waals surface area contributed by atoms with Crippen molar-refractivity contribution in [3.05, 3.63) is 0 Å². The zero-order chi connectivity index (χ0) is 8.69. The highest BCUT2D eigenvalue weighted by Gasteiger charge is 2.08. The number of carbonyl (C=O) groups is 1. The molecule has 1 atom stereocenters. The van der Waals surface area contributed by atoms with Crippen LogP contribution in [0.1, 0.15) is 27.2 Å². The second kappa shape index (κ2) is 6.16. The molecule has 0 aliphatic rings. The maximum atomic E-state index is 10.8. The van der Waals surface area contributed by atoms with Crippen molar-refractivity contribution in [2.24, 2.45) is 0 Å². The van der Waals surface area contributed by atoms with Gasteiger partial charge in [0.05, 0.1) is 19.1 Å². The van der Waals surface area contributed by atoms with Crippen LogP contribution in [0, 0.1) is 0 Å². The predicted octanol–water partition coefficient (Wildman–Crippen LogP) is 1.36. The van der Waals surface area contributed by atoms with Crippen LogP contribution in [0.2, 0.25) is 0 Å². The fraction of sp³-hybridized carbons (Fsp3) is 0.875. The van der Waals surface area contributed by atoms with Gasteiger partial charge in [-0.15, -0.1) is 0 Å². The van der Waals surface area contributed by atoms with Gasteiger partial charge in [0.25, 0.3) is 0 Å². The van der Waals surface area contributed by atoms with Crippen LogP contribution in [-0.2, 0) is 14.3 Å². The lowest BCUT2D eigenvalue weighted by molar-refractivity contribution is -0.145. The smallest absolute Gasteiger partial charge is 0.308 e. The summed E-state index contributed by atoms with van der Waals surface area (Å²) in [6.45, 7) is 6.64. The van der Waals surface area contributed by atoms with Crippen molar-refractivity contribution in [3.8, 4) is 0 Å². The lowest BCUT2D eigenvalue weighted by atomic mass is 10.3. The molecule has 11 heavy (non-hydrogen) atoms. The van der Waals surface area contributed by atoms with Gasteiger partial charge in [0.15, 0.2) is 0 Å². The average molecular weight is 160 g/mol. The molecule has 0 N–H and O–H groups in total. The van der Waals surface area contributed by atoms with Crippen molar-refractivity contribution < 1.29 is 14.3 Å². The van der Waals surface area contributed by atoms with Gasteiger partial charge in [0.2, 0.25) is 0 Å². The monoisotopic (exact) mass is 160 g/mol. The molecule has 0 aliphatic heterocycles. The second-order valence-electron chi connectivity index (χ2n) is 2.28. The normalized spacial score (nSPS) is 12.6. The molecule has 0 fully saturated rings. The molecule has 0 spiro atoms. The number of rotatable bonds is 5. The van der Waals surface area contributed by atoms with Gasteiger partial charge < -0.3 is 9.47 Å². The van der Waals surface area contributed by atoms with E-state index < -0.39 is 0 Å². The molecule has 0 aromatic carbocycles. The summed E-state index contributed by atoms with van der Waals surface area (Å²) < 4.78 is 9.90. The van der Waals surface area contributed by atoms with Gasteiger partial charge in [-0.2, -0.15) is 0 Å². The third-order valence-corrected chi connectivity index (χ3v) is 1.21. The minimum Gasteiger partial charge on any atom is -0.466 e. The van der Waals surface area contributed by atoms with E-state index in [2.05, 4.69) is 0 Å². The summed E-state index contributed by atoms with van der Waals surface area (Å²) in [5, 5.41) is 0. The van der Waals surface area contributed by atoms with Crippen LogP contribution in [0.25, 0.3) is 0 Å². The molecule has 0 saturated heterocycles. The summed E-state index contributed by atoms with van der Waals surface area (Å²) in [5.41, 5.74) is 0. The maximum Gasteiger partial charge on any atom is 0.308 e. The van der Waals surface area contributed by atoms with Crippen molar-refractivity contribution in [3.63, 3.8) is 0 Å². The Morgan fingerprint density at radius 3 is 2.45 bits per heavy atom. The van der Waals surface area contributed by atoms with E-state index in [0.717, 1.165) is 0 Å². The van der Waals surface area contributed by atoms with Crippen LogP contribution in [-0.4, -0.2) is 25.3 Å². The Morgan fingerprint density at radius 2 is 2.00 bits per heavy atom. The molecular weight excluding hydrogens is 144 g/mol. The van der Waals surface area contributed by atoms with E-state index in [1.54, 1.807) is 6.92 Å². The molecule has 0 aromatic heterocycles. The number of ether oxygens (including phenoxy) is 2. The Hall–Kier alpha value is -0.570. The summed E-state index contributed by atoms with van der Waals surface area (Å²) in [6, 6.07) is 0. The molecule has 3 nitrogen and oxygen atoms in total. The third-order valence-electron chi connectivity index (χ3n) is 1.21. The van der Waals surface area contributed by atoms with Gasteiger partial charge in [0, 0.05) is 6.61 Å². The fourth-order valence-corrected chi connectivity index (χ4v) is 0.798. The van der Waals surface area contributed by atoms with E-state index in [4.69, 9.17) is 9.47 Å². The first kappa shape index (κ1) is 10.4. The molecule has 3 heteroatoms. The molecule has 0 aromatic rings. The van der Waals surface area contributed by atoms with E-state index >= 15 is 0 Å². The number of carbonyl (C=O) groups excluding carboxylic acids is 1. The largest absolute Gasteiger partial charge is 0.466 e. The Labute approximate surface area is 67.7 Å². The highest BCUT2D eigenvalue weighted by Crippen LogP contribution is 1.98. The minimum absolute atomic E-state index is 0.0287. The first-order chi connectivity index (χ1) is 5.20. The topological polar surface area (TPSA) is 35.5 Å². The first-order valence-electron chi connectivity index (χ1n) is 3.97. The first-order valence-corrected chi connectivity index (χ1v) is 3.97. The predicted molar refractivity (Wildman–Crippen MR) is 42.3 cm³/mol. The second-order valence-corrected chi connectivity index (χ2v) is 2.28. The highest BCUT2D eigenvalue weighted by atomic mass is 16.5. The zero-order valence-corrected chi connectivity index (χ0v) is 7.42. The maximum absolute atomic E-state index is 10.8. The molecule has 0 saturated carbocycles. The van der Waals surface area contributed by atoms with Crippen molar-refractivity contribution in [2.75, 3.05) is 13.2 Å². The van der Waals surface area contributed by atoms with Gasteiger partial charge >= 0.3 is 5.97 Å². The summed E-state index contributed by atoms with van der Waals surface area (Å²) in [4.78, 5) is 10.8. The van der Waals surface area contributed by atoms with Crippen LogP contribution in [0.5, 0.6) is 0 Å². The molecule has 0 rings (SSSR count). The molecule has 0 heterocycles. The Morgan fingerprint density at radius 1 is 1.36 bits per heavy atom. The van der Waals surface area contributed by atoms with Crippen molar-refractivity contribution in [1.82, 2.24) is 0 Å². The number of hydrogen-bond acceptors (Lipinski definition) is 3. The van der Waals surface area contributed by atoms with Crippen LogP contribution >= 0.6 is 0 Å². The lowest BCUT2D eigenvalue weighted by Crippen LogP contribution is -2.16. The molecule has 0 amide bonds. The van der Waals surface area contributed by atoms with E-state index in [1.807, 2.05) is 13.8 Å². The summed E-state index contributed by atoms with van der Waals surface area (Å²) in [5.74, 6) is -0.187. The van der Waals surface area contributed by atoms with Crippen LogP contribution < -0.4 is 0 Å². The van der Waals surface area contributed by atoms with E-state index in [0.29, 0.717) is 19.6 Å². The van der Waals surface area contributed by atoms with E-state index in [1.165, 1.54) is 0 Å². The van der Waals surface area contributed by atoms with Gasteiger partial charge in [-0.25, -0.2) is 0 Å². The van der Waals surface area contributed by atoms with E-state index in [-0.39, 0.29) is 12.1 Å². The molecule has 66 valence electrons. The average Bonchev–Trinajstić information content (AvgIpc) is 1.87. The van der Waals surface area contributed by atoms with Gasteiger partial charge in [-0.05, 0) is 20.8 Å². The van der Waals surface area contributed by atoms with Gasteiger partial charge in [-0.3, -0.25) is 4.79 Å².